The van der Waals surface area contributed by atoms with Gasteiger partial charge in [-0.05, 0) is 20.8 Å². The SMILES string of the molecule is CS(=O)C(C)(F)C(C)(F)C(C)(F)C(F)(F)F. The van der Waals surface area contributed by atoms with E-state index in [2.05, 4.69) is 0 Å². The fraction of sp³-hybridized carbons (Fsp3) is 1.00. The number of hydrogen-bond acceptors (Lipinski definition) is 1. The van der Waals surface area contributed by atoms with E-state index < -0.39 is 33.3 Å². The van der Waals surface area contributed by atoms with Crippen LogP contribution >= 0.6 is 0 Å². The Kier molecular flexibility index (Phi) is 3.82. The topological polar surface area (TPSA) is 17.1 Å². The molecule has 0 amide bonds. The summed E-state index contributed by atoms with van der Waals surface area (Å²) >= 11 is 0. The molecule has 16 heavy (non-hydrogen) atoms. The second-order valence-corrected chi connectivity index (χ2v) is 5.55. The van der Waals surface area contributed by atoms with Gasteiger partial charge < -0.3 is 0 Å². The summed E-state index contributed by atoms with van der Waals surface area (Å²) in [5, 5.41) is -3.45. The molecule has 0 heterocycles. The van der Waals surface area contributed by atoms with Crippen LogP contribution in [0.3, 0.4) is 0 Å². The highest BCUT2D eigenvalue weighted by Crippen LogP contribution is 2.50. The van der Waals surface area contributed by atoms with Crippen molar-refractivity contribution in [1.29, 1.82) is 0 Å². The van der Waals surface area contributed by atoms with E-state index in [1.54, 1.807) is 0 Å². The first-order valence-electron chi connectivity index (χ1n) is 4.16. The van der Waals surface area contributed by atoms with Crippen LogP contribution in [0.25, 0.3) is 0 Å². The van der Waals surface area contributed by atoms with E-state index in [0.29, 0.717) is 13.2 Å². The van der Waals surface area contributed by atoms with Gasteiger partial charge in [0, 0.05) is 6.26 Å². The normalized spacial score (nSPS) is 26.4. The highest BCUT2D eigenvalue weighted by Gasteiger charge is 2.72. The fourth-order valence-electron chi connectivity index (χ4n) is 0.955. The van der Waals surface area contributed by atoms with Crippen molar-refractivity contribution in [3.05, 3.63) is 0 Å². The molecule has 0 aliphatic rings. The zero-order valence-corrected chi connectivity index (χ0v) is 9.90. The lowest BCUT2D eigenvalue weighted by atomic mass is 9.85. The summed E-state index contributed by atoms with van der Waals surface area (Å²) in [6, 6.07) is 0. The summed E-state index contributed by atoms with van der Waals surface area (Å²) in [6.45, 7) is 0.340. The van der Waals surface area contributed by atoms with Crippen LogP contribution in [-0.2, 0) is 10.8 Å². The second kappa shape index (κ2) is 3.89. The summed E-state index contributed by atoms with van der Waals surface area (Å²) in [4.78, 5) is 0. The maximum absolute atomic E-state index is 13.7. The Morgan fingerprint density at radius 2 is 1.12 bits per heavy atom. The van der Waals surface area contributed by atoms with Crippen LogP contribution < -0.4 is 0 Å². The van der Waals surface area contributed by atoms with Crippen LogP contribution in [0, 0.1) is 0 Å². The summed E-state index contributed by atoms with van der Waals surface area (Å²) < 4.78 is 88.3. The van der Waals surface area contributed by atoms with Crippen molar-refractivity contribution in [2.75, 3.05) is 6.26 Å². The second-order valence-electron chi connectivity index (χ2n) is 3.87. The van der Waals surface area contributed by atoms with Gasteiger partial charge in [0.05, 0.1) is 10.8 Å². The summed E-state index contributed by atoms with van der Waals surface area (Å²) in [5.41, 5.74) is -8.40. The number of hydrogen-bond donors (Lipinski definition) is 0. The Balaban J connectivity index is 5.62. The maximum Gasteiger partial charge on any atom is 0.425 e. The fourth-order valence-corrected chi connectivity index (χ4v) is 1.69. The van der Waals surface area contributed by atoms with Crippen LogP contribution in [-0.4, -0.2) is 33.0 Å². The molecule has 0 N–H and O–H groups in total. The van der Waals surface area contributed by atoms with E-state index in [1.165, 1.54) is 0 Å². The van der Waals surface area contributed by atoms with E-state index >= 15 is 0 Å². The van der Waals surface area contributed by atoms with Gasteiger partial charge in [0.1, 0.15) is 0 Å². The van der Waals surface area contributed by atoms with Gasteiger partial charge in [-0.2, -0.15) is 13.2 Å². The lowest BCUT2D eigenvalue weighted by molar-refractivity contribution is -0.275. The van der Waals surface area contributed by atoms with E-state index in [-0.39, 0.29) is 13.8 Å². The molecule has 0 aliphatic carbocycles. The number of rotatable bonds is 3. The van der Waals surface area contributed by atoms with Gasteiger partial charge in [0.25, 0.3) is 0 Å². The first kappa shape index (κ1) is 15.7. The van der Waals surface area contributed by atoms with Crippen molar-refractivity contribution in [1.82, 2.24) is 0 Å². The molecule has 0 radical (unpaired) electrons. The average Bonchev–Trinajstić information content (AvgIpc) is 2.00. The summed E-state index contributed by atoms with van der Waals surface area (Å²) in [6.07, 6.45) is -4.92. The van der Waals surface area contributed by atoms with E-state index in [0.717, 1.165) is 0 Å². The van der Waals surface area contributed by atoms with Crippen LogP contribution in [0.1, 0.15) is 20.8 Å². The Morgan fingerprint density at radius 3 is 1.31 bits per heavy atom. The predicted molar refractivity (Wildman–Crippen MR) is 48.7 cm³/mol. The molecule has 0 saturated carbocycles. The molecule has 0 aliphatic heterocycles. The van der Waals surface area contributed by atoms with Crippen LogP contribution in [0.2, 0.25) is 0 Å². The first-order valence-corrected chi connectivity index (χ1v) is 5.72. The van der Waals surface area contributed by atoms with Crippen LogP contribution in [0.4, 0.5) is 26.3 Å². The summed E-state index contributed by atoms with van der Waals surface area (Å²) in [7, 11) is -2.61. The molecule has 4 atom stereocenters. The third-order valence-electron chi connectivity index (χ3n) is 2.79. The van der Waals surface area contributed by atoms with E-state index in [4.69, 9.17) is 0 Å². The molecule has 0 saturated heterocycles. The van der Waals surface area contributed by atoms with Gasteiger partial charge >= 0.3 is 6.18 Å². The third-order valence-corrected chi connectivity index (χ3v) is 4.26. The zero-order valence-electron chi connectivity index (χ0n) is 9.08. The lowest BCUT2D eigenvalue weighted by Crippen LogP contribution is -2.64. The molecule has 4 unspecified atom stereocenters. The predicted octanol–water partition coefficient (Wildman–Crippen LogP) is 3.07. The van der Waals surface area contributed by atoms with Crippen molar-refractivity contribution in [2.45, 2.75) is 43.3 Å². The van der Waals surface area contributed by atoms with Crippen molar-refractivity contribution in [2.24, 2.45) is 0 Å². The third kappa shape index (κ3) is 2.08. The van der Waals surface area contributed by atoms with Gasteiger partial charge in [-0.15, -0.1) is 0 Å². The Labute approximate surface area is 91.7 Å². The molecule has 0 bridgehead atoms. The van der Waals surface area contributed by atoms with Crippen molar-refractivity contribution < 1.29 is 30.6 Å². The quantitative estimate of drug-likeness (QED) is 0.720. The molecule has 98 valence electrons. The standard InChI is InChI=1S/C8H12F6OS/c1-5(9,7(3,11)16(4)15)6(2,10)8(12,13)14/h1-4H3. The Morgan fingerprint density at radius 1 is 0.812 bits per heavy atom. The maximum atomic E-state index is 13.7. The average molecular weight is 270 g/mol. The first-order chi connectivity index (χ1) is 6.69. The van der Waals surface area contributed by atoms with Crippen molar-refractivity contribution in [3.8, 4) is 0 Å². The van der Waals surface area contributed by atoms with Crippen LogP contribution in [0.15, 0.2) is 0 Å². The largest absolute Gasteiger partial charge is 0.425 e. The van der Waals surface area contributed by atoms with Gasteiger partial charge in [-0.3, -0.25) is 4.21 Å². The molecule has 0 aromatic carbocycles. The molecule has 0 rings (SSSR count). The Bertz CT molecular complexity index is 293. The molecule has 0 fully saturated rings. The minimum Gasteiger partial charge on any atom is -0.256 e. The molecule has 1 nitrogen and oxygen atoms in total. The minimum absolute atomic E-state index is 0.113. The van der Waals surface area contributed by atoms with Crippen molar-refractivity contribution in [3.63, 3.8) is 0 Å². The molecule has 8 heteroatoms. The van der Waals surface area contributed by atoms with E-state index in [1.807, 2.05) is 0 Å². The molecule has 0 aromatic rings. The summed E-state index contributed by atoms with van der Waals surface area (Å²) in [5.74, 6) is 0. The monoisotopic (exact) mass is 270 g/mol. The highest BCUT2D eigenvalue weighted by atomic mass is 32.2. The van der Waals surface area contributed by atoms with Gasteiger partial charge in [-0.25, -0.2) is 13.2 Å². The number of halogens is 6. The Hall–Kier alpha value is -0.270. The van der Waals surface area contributed by atoms with Gasteiger partial charge in [-0.1, -0.05) is 0 Å². The number of alkyl halides is 6. The van der Waals surface area contributed by atoms with Gasteiger partial charge in [0.15, 0.2) is 5.67 Å². The molecular weight excluding hydrogens is 258 g/mol. The van der Waals surface area contributed by atoms with Gasteiger partial charge in [0.2, 0.25) is 10.7 Å². The molecule has 0 aromatic heterocycles. The highest BCUT2D eigenvalue weighted by molar-refractivity contribution is 7.85. The van der Waals surface area contributed by atoms with E-state index in [9.17, 15) is 30.6 Å². The minimum atomic E-state index is -5.59. The zero-order chi connectivity index (χ0) is 13.6. The molecular formula is C8H12F6OS. The van der Waals surface area contributed by atoms with Crippen molar-refractivity contribution >= 4 is 10.8 Å². The molecule has 0 spiro atoms. The lowest BCUT2D eigenvalue weighted by Gasteiger charge is -2.41. The van der Waals surface area contributed by atoms with Crippen LogP contribution in [0.5, 0.6) is 0 Å². The smallest absolute Gasteiger partial charge is 0.256 e.